The van der Waals surface area contributed by atoms with Gasteiger partial charge in [-0.2, -0.15) is 0 Å². The van der Waals surface area contributed by atoms with E-state index >= 15 is 0 Å². The second kappa shape index (κ2) is 11.7. The van der Waals surface area contributed by atoms with Crippen molar-refractivity contribution in [2.24, 2.45) is 5.92 Å². The number of ether oxygens (including phenoxy) is 1. The summed E-state index contributed by atoms with van der Waals surface area (Å²) < 4.78 is 5.43. The Morgan fingerprint density at radius 1 is 0.962 bits per heavy atom. The number of rotatable bonds is 11. The van der Waals surface area contributed by atoms with E-state index in [1.54, 1.807) is 0 Å². The molecule has 26 heavy (non-hydrogen) atoms. The van der Waals surface area contributed by atoms with Gasteiger partial charge in [-0.3, -0.25) is 9.59 Å². The second-order valence-electron chi connectivity index (χ2n) is 7.46. The van der Waals surface area contributed by atoms with Gasteiger partial charge >= 0.3 is 0 Å². The minimum atomic E-state index is -0.0621. The average Bonchev–Trinajstić information content (AvgIpc) is 2.54. The largest absolute Gasteiger partial charge is 0.379 e. The molecule has 0 radical (unpaired) electrons. The quantitative estimate of drug-likeness (QED) is 0.583. The third kappa shape index (κ3) is 9.56. The molecule has 1 rings (SSSR count). The summed E-state index contributed by atoms with van der Waals surface area (Å²) in [6.45, 7) is 11.4. The van der Waals surface area contributed by atoms with Crippen LogP contribution >= 0.6 is 0 Å². The summed E-state index contributed by atoms with van der Waals surface area (Å²) >= 11 is 0. The molecule has 0 aromatic heterocycles. The average molecular weight is 363 g/mol. The van der Waals surface area contributed by atoms with Crippen LogP contribution in [-0.2, 0) is 14.3 Å². The van der Waals surface area contributed by atoms with Crippen LogP contribution in [0.5, 0.6) is 0 Å². The third-order valence-corrected chi connectivity index (χ3v) is 4.02. The van der Waals surface area contributed by atoms with Crippen LogP contribution in [0.15, 0.2) is 24.3 Å². The van der Waals surface area contributed by atoms with Crippen LogP contribution in [0.4, 0.5) is 5.69 Å². The van der Waals surface area contributed by atoms with Crippen LogP contribution in [0.2, 0.25) is 0 Å². The molecule has 5 nitrogen and oxygen atoms in total. The zero-order valence-corrected chi connectivity index (χ0v) is 16.8. The Balaban J connectivity index is 2.25. The van der Waals surface area contributed by atoms with Crippen LogP contribution in [0.25, 0.3) is 0 Å². The molecule has 0 unspecified atom stereocenters. The smallest absolute Gasteiger partial charge is 0.224 e. The molecule has 0 aliphatic rings. The summed E-state index contributed by atoms with van der Waals surface area (Å²) in [5, 5.41) is 5.77. The molecule has 0 saturated heterocycles. The summed E-state index contributed by atoms with van der Waals surface area (Å²) in [5.41, 5.74) is 2.04. The first kappa shape index (κ1) is 22.2. The lowest BCUT2D eigenvalue weighted by Crippen LogP contribution is -2.28. The minimum Gasteiger partial charge on any atom is -0.379 e. The molecule has 5 heteroatoms. The van der Waals surface area contributed by atoms with Crippen LogP contribution in [0.1, 0.15) is 65.4 Å². The molecule has 1 aromatic rings. The van der Waals surface area contributed by atoms with Crippen molar-refractivity contribution < 1.29 is 14.3 Å². The van der Waals surface area contributed by atoms with Gasteiger partial charge in [0.1, 0.15) is 0 Å². The molecule has 0 aliphatic carbocycles. The zero-order chi connectivity index (χ0) is 19.5. The van der Waals surface area contributed by atoms with Gasteiger partial charge in [-0.25, -0.2) is 0 Å². The van der Waals surface area contributed by atoms with Crippen LogP contribution in [0, 0.1) is 5.92 Å². The van der Waals surface area contributed by atoms with E-state index in [0.29, 0.717) is 31.9 Å². The van der Waals surface area contributed by atoms with Crippen molar-refractivity contribution >= 4 is 17.5 Å². The summed E-state index contributed by atoms with van der Waals surface area (Å²) in [4.78, 5) is 24.0. The molecule has 1 aromatic carbocycles. The number of anilines is 1. The van der Waals surface area contributed by atoms with Gasteiger partial charge < -0.3 is 15.4 Å². The van der Waals surface area contributed by atoms with Crippen molar-refractivity contribution in [2.45, 2.75) is 65.9 Å². The molecule has 2 N–H and O–H groups in total. The van der Waals surface area contributed by atoms with Gasteiger partial charge in [0.05, 0.1) is 6.10 Å². The lowest BCUT2D eigenvalue weighted by molar-refractivity contribution is -0.122. The Labute approximate surface area is 157 Å². The fourth-order valence-corrected chi connectivity index (χ4v) is 2.56. The highest BCUT2D eigenvalue weighted by molar-refractivity contribution is 5.91. The Morgan fingerprint density at radius 3 is 2.15 bits per heavy atom. The molecule has 146 valence electrons. The summed E-state index contributed by atoms with van der Waals surface area (Å²) in [6, 6.07) is 7.90. The number of benzene rings is 1. The van der Waals surface area contributed by atoms with E-state index in [1.807, 2.05) is 45.0 Å². The standard InChI is InChI=1S/C21H34N2O3/c1-15(2)18-7-9-19(10-8-18)23-21(25)14-17(5)13-20(24)22-11-6-12-26-16(3)4/h7-10,15-17H,6,11-14H2,1-5H3,(H,22,24)(H,23,25)/t17-/m1/s1. The van der Waals surface area contributed by atoms with Gasteiger partial charge in [0, 0.05) is 31.7 Å². The maximum Gasteiger partial charge on any atom is 0.224 e. The first-order valence-corrected chi connectivity index (χ1v) is 9.56. The fraction of sp³-hybridized carbons (Fsp3) is 0.619. The highest BCUT2D eigenvalue weighted by Gasteiger charge is 2.13. The van der Waals surface area contributed by atoms with E-state index in [0.717, 1.165) is 12.1 Å². The molecule has 0 aliphatic heterocycles. The Kier molecular flexibility index (Phi) is 9.96. The van der Waals surface area contributed by atoms with E-state index < -0.39 is 0 Å². The lowest BCUT2D eigenvalue weighted by atomic mass is 10.0. The molecule has 0 saturated carbocycles. The van der Waals surface area contributed by atoms with Crippen molar-refractivity contribution in [1.82, 2.24) is 5.32 Å². The number of nitrogens with one attached hydrogen (secondary N) is 2. The third-order valence-electron chi connectivity index (χ3n) is 4.02. The maximum absolute atomic E-state index is 12.1. The Hall–Kier alpha value is -1.88. The maximum atomic E-state index is 12.1. The van der Waals surface area contributed by atoms with E-state index in [4.69, 9.17) is 4.74 Å². The molecule has 2 amide bonds. The topological polar surface area (TPSA) is 67.4 Å². The molecular weight excluding hydrogens is 328 g/mol. The highest BCUT2D eigenvalue weighted by Crippen LogP contribution is 2.18. The lowest BCUT2D eigenvalue weighted by Gasteiger charge is -2.13. The van der Waals surface area contributed by atoms with Gasteiger partial charge in [-0.05, 0) is 49.8 Å². The molecule has 1 atom stereocenters. The normalized spacial score (nSPS) is 12.3. The number of carbonyl (C=O) groups is 2. The van der Waals surface area contributed by atoms with Gasteiger partial charge in [0.25, 0.3) is 0 Å². The van der Waals surface area contributed by atoms with Crippen molar-refractivity contribution in [3.63, 3.8) is 0 Å². The monoisotopic (exact) mass is 362 g/mol. The number of hydrogen-bond donors (Lipinski definition) is 2. The molecule has 0 fully saturated rings. The SMILES string of the molecule is CC(C)OCCCNC(=O)C[C@@H](C)CC(=O)Nc1ccc(C(C)C)cc1. The predicted octanol–water partition coefficient (Wildman–Crippen LogP) is 4.10. The first-order valence-electron chi connectivity index (χ1n) is 9.56. The van der Waals surface area contributed by atoms with Crippen molar-refractivity contribution in [2.75, 3.05) is 18.5 Å². The van der Waals surface area contributed by atoms with Crippen LogP contribution in [0.3, 0.4) is 0 Å². The summed E-state index contributed by atoms with van der Waals surface area (Å²) in [5.74, 6) is 0.385. The van der Waals surface area contributed by atoms with Crippen molar-refractivity contribution in [1.29, 1.82) is 0 Å². The molecule has 0 bridgehead atoms. The molecule has 0 spiro atoms. The van der Waals surface area contributed by atoms with E-state index in [1.165, 1.54) is 5.56 Å². The number of carbonyl (C=O) groups excluding carboxylic acids is 2. The van der Waals surface area contributed by atoms with Crippen LogP contribution in [-0.4, -0.2) is 31.1 Å². The summed E-state index contributed by atoms with van der Waals surface area (Å²) in [7, 11) is 0. The van der Waals surface area contributed by atoms with Crippen molar-refractivity contribution in [3.05, 3.63) is 29.8 Å². The minimum absolute atomic E-state index is 0.00292. The second-order valence-corrected chi connectivity index (χ2v) is 7.46. The van der Waals surface area contributed by atoms with E-state index in [9.17, 15) is 9.59 Å². The first-order chi connectivity index (χ1) is 12.3. The molecule has 0 heterocycles. The zero-order valence-electron chi connectivity index (χ0n) is 16.8. The van der Waals surface area contributed by atoms with Gasteiger partial charge in [0.15, 0.2) is 0 Å². The van der Waals surface area contributed by atoms with E-state index in [-0.39, 0.29) is 23.8 Å². The predicted molar refractivity (Wildman–Crippen MR) is 106 cm³/mol. The fourth-order valence-electron chi connectivity index (χ4n) is 2.56. The summed E-state index contributed by atoms with van der Waals surface area (Å²) in [6.07, 6.45) is 1.69. The van der Waals surface area contributed by atoms with Crippen molar-refractivity contribution in [3.8, 4) is 0 Å². The Morgan fingerprint density at radius 2 is 1.58 bits per heavy atom. The number of hydrogen-bond acceptors (Lipinski definition) is 3. The highest BCUT2D eigenvalue weighted by atomic mass is 16.5. The van der Waals surface area contributed by atoms with Gasteiger partial charge in [-0.15, -0.1) is 0 Å². The Bertz CT molecular complexity index is 553. The van der Waals surface area contributed by atoms with Gasteiger partial charge in [-0.1, -0.05) is 32.9 Å². The van der Waals surface area contributed by atoms with E-state index in [2.05, 4.69) is 24.5 Å². The van der Waals surface area contributed by atoms with Gasteiger partial charge in [0.2, 0.25) is 11.8 Å². The van der Waals surface area contributed by atoms with Crippen LogP contribution < -0.4 is 10.6 Å². The molecular formula is C21H34N2O3. The number of amides is 2.